The quantitative estimate of drug-likeness (QED) is 0.351. The Balaban J connectivity index is 2.01. The molecule has 1 unspecified atom stereocenters. The van der Waals surface area contributed by atoms with Crippen LogP contribution in [-0.4, -0.2) is 21.7 Å². The Hall–Kier alpha value is -3.76. The highest BCUT2D eigenvalue weighted by molar-refractivity contribution is 5.96. The number of halogens is 5. The zero-order valence-corrected chi connectivity index (χ0v) is 20.0. The third kappa shape index (κ3) is 5.39. The van der Waals surface area contributed by atoms with Crippen LogP contribution < -0.4 is 10.00 Å². The van der Waals surface area contributed by atoms with Gasteiger partial charge in [0, 0.05) is 6.42 Å². The summed E-state index contributed by atoms with van der Waals surface area (Å²) in [6, 6.07) is 8.16. The third-order valence-electron chi connectivity index (χ3n) is 6.12. The van der Waals surface area contributed by atoms with E-state index in [-0.39, 0.29) is 28.8 Å². The normalized spacial score (nSPS) is 12.6. The molecular formula is C25H25F5N3O3+. The minimum Gasteiger partial charge on any atom is -0.478 e. The van der Waals surface area contributed by atoms with Crippen molar-refractivity contribution >= 4 is 11.9 Å². The number of nitrogens with zero attached hydrogens (tertiary/aromatic N) is 2. The van der Waals surface area contributed by atoms with Crippen LogP contribution in [0.2, 0.25) is 0 Å². The minimum absolute atomic E-state index is 0.0632. The largest absolute Gasteiger partial charge is 0.478 e. The number of carbonyl (C=O) groups excluding carboxylic acids is 1. The lowest BCUT2D eigenvalue weighted by Gasteiger charge is -2.17. The molecule has 0 fully saturated rings. The first-order chi connectivity index (χ1) is 16.7. The van der Waals surface area contributed by atoms with Gasteiger partial charge in [-0.3, -0.25) is 4.79 Å². The second-order valence-electron chi connectivity index (χ2n) is 8.50. The number of alkyl halides is 5. The molecule has 0 spiro atoms. The summed E-state index contributed by atoms with van der Waals surface area (Å²) in [4.78, 5) is 24.5. The van der Waals surface area contributed by atoms with Crippen molar-refractivity contribution in [3.8, 4) is 0 Å². The first-order valence-corrected chi connectivity index (χ1v) is 10.9. The number of aryl methyl sites for hydroxylation is 1. The summed E-state index contributed by atoms with van der Waals surface area (Å²) in [7, 11) is 2.79. The predicted molar refractivity (Wildman–Crippen MR) is 120 cm³/mol. The van der Waals surface area contributed by atoms with Crippen LogP contribution in [0.15, 0.2) is 42.5 Å². The number of hydrogen-bond donors (Lipinski definition) is 2. The van der Waals surface area contributed by atoms with Gasteiger partial charge < -0.3 is 10.4 Å². The van der Waals surface area contributed by atoms with E-state index in [1.54, 1.807) is 13.8 Å². The van der Waals surface area contributed by atoms with Crippen LogP contribution in [0, 0.1) is 6.92 Å². The van der Waals surface area contributed by atoms with Gasteiger partial charge in [-0.1, -0.05) is 24.3 Å². The summed E-state index contributed by atoms with van der Waals surface area (Å²) >= 11 is 0. The van der Waals surface area contributed by atoms with Crippen molar-refractivity contribution in [3.05, 3.63) is 87.2 Å². The highest BCUT2D eigenvalue weighted by atomic mass is 19.4. The monoisotopic (exact) mass is 510 g/mol. The van der Waals surface area contributed by atoms with Crippen LogP contribution in [0.25, 0.3) is 0 Å². The van der Waals surface area contributed by atoms with Crippen LogP contribution in [-0.2, 0) is 26.7 Å². The Labute approximate surface area is 204 Å². The molecule has 2 N–H and O–H groups in total. The van der Waals surface area contributed by atoms with E-state index in [2.05, 4.69) is 5.32 Å². The SMILES string of the molecule is Cc1cc(C(=O)O)ccc1C(C)NC(=O)c1c(Cc2cccc(C(F)(F)F)c2)n(C)[n+](C)c1C(F)F. The van der Waals surface area contributed by atoms with E-state index >= 15 is 0 Å². The molecule has 6 nitrogen and oxygen atoms in total. The number of hydrogen-bond acceptors (Lipinski definition) is 2. The van der Waals surface area contributed by atoms with Crippen LogP contribution in [0.5, 0.6) is 0 Å². The van der Waals surface area contributed by atoms with Crippen LogP contribution >= 0.6 is 0 Å². The number of benzene rings is 2. The maximum absolute atomic E-state index is 14.0. The van der Waals surface area contributed by atoms with Crippen molar-refractivity contribution in [3.63, 3.8) is 0 Å². The third-order valence-corrected chi connectivity index (χ3v) is 6.12. The molecule has 0 saturated carbocycles. The van der Waals surface area contributed by atoms with E-state index in [0.29, 0.717) is 11.1 Å². The van der Waals surface area contributed by atoms with Crippen molar-refractivity contribution in [1.82, 2.24) is 10.00 Å². The van der Waals surface area contributed by atoms with E-state index in [1.165, 1.54) is 49.1 Å². The van der Waals surface area contributed by atoms with Gasteiger partial charge in [0.2, 0.25) is 0 Å². The summed E-state index contributed by atoms with van der Waals surface area (Å²) in [6.07, 6.45) is -7.79. The molecule has 0 radical (unpaired) electrons. The number of aromatic carboxylic acids is 1. The van der Waals surface area contributed by atoms with E-state index < -0.39 is 41.8 Å². The molecule has 0 aliphatic rings. The van der Waals surface area contributed by atoms with Crippen LogP contribution in [0.1, 0.15) is 73.7 Å². The lowest BCUT2D eigenvalue weighted by Crippen LogP contribution is -2.42. The van der Waals surface area contributed by atoms with Crippen molar-refractivity contribution in [1.29, 1.82) is 0 Å². The molecular weight excluding hydrogens is 485 g/mol. The molecule has 36 heavy (non-hydrogen) atoms. The molecule has 11 heteroatoms. The standard InChI is InChI=1S/C25H24F5N3O3/c1-13-10-16(24(35)36)8-9-18(13)14(2)31-23(34)20-19(32(3)33(4)21(20)22(26)27)12-15-6-5-7-17(11-15)25(28,29)30/h5-11,14,22H,12H2,1-4H3,(H-,31,34,35,36)/p+1. The minimum atomic E-state index is -4.58. The highest BCUT2D eigenvalue weighted by Crippen LogP contribution is 2.31. The Kier molecular flexibility index (Phi) is 7.51. The molecule has 0 bridgehead atoms. The Morgan fingerprint density at radius 1 is 1.14 bits per heavy atom. The van der Waals surface area contributed by atoms with E-state index in [1.807, 2.05) is 0 Å². The summed E-state index contributed by atoms with van der Waals surface area (Å²) in [5.41, 5.74) is -0.211. The zero-order chi connectivity index (χ0) is 26.9. The van der Waals surface area contributed by atoms with Gasteiger partial charge in [-0.25, -0.2) is 4.79 Å². The summed E-state index contributed by atoms with van der Waals surface area (Å²) in [5, 5.41) is 11.8. The van der Waals surface area contributed by atoms with E-state index in [9.17, 15) is 31.5 Å². The predicted octanol–water partition coefficient (Wildman–Crippen LogP) is 4.89. The second-order valence-corrected chi connectivity index (χ2v) is 8.50. The van der Waals surface area contributed by atoms with Crippen molar-refractivity contribution in [2.75, 3.05) is 0 Å². The molecule has 1 amide bonds. The molecule has 1 atom stereocenters. The van der Waals surface area contributed by atoms with E-state index in [4.69, 9.17) is 5.11 Å². The van der Waals surface area contributed by atoms with Gasteiger partial charge >= 0.3 is 18.6 Å². The number of nitrogens with one attached hydrogen (secondary N) is 1. The first-order valence-electron chi connectivity index (χ1n) is 10.9. The van der Waals surface area contributed by atoms with Crippen molar-refractivity contribution in [2.24, 2.45) is 14.1 Å². The Morgan fingerprint density at radius 2 is 1.81 bits per heavy atom. The number of carbonyl (C=O) groups is 2. The molecule has 192 valence electrons. The molecule has 0 saturated heterocycles. The fourth-order valence-corrected chi connectivity index (χ4v) is 4.21. The summed E-state index contributed by atoms with van der Waals surface area (Å²) < 4.78 is 70.0. The maximum atomic E-state index is 14.0. The van der Waals surface area contributed by atoms with Gasteiger partial charge in [-0.2, -0.15) is 26.6 Å². The average molecular weight is 510 g/mol. The highest BCUT2D eigenvalue weighted by Gasteiger charge is 2.37. The first kappa shape index (κ1) is 26.8. The Morgan fingerprint density at radius 3 is 2.36 bits per heavy atom. The second kappa shape index (κ2) is 10.1. The number of rotatable bonds is 7. The number of aromatic nitrogens is 2. The smallest absolute Gasteiger partial charge is 0.416 e. The van der Waals surface area contributed by atoms with Gasteiger partial charge in [0.1, 0.15) is 5.56 Å². The number of carboxylic acid groups (broad SMARTS) is 1. The molecule has 0 aliphatic carbocycles. The van der Waals surface area contributed by atoms with Gasteiger partial charge in [-0.15, -0.1) is 4.68 Å². The molecule has 1 aromatic heterocycles. The summed E-state index contributed by atoms with van der Waals surface area (Å²) in [6.45, 7) is 3.29. The number of carboxylic acids is 1. The van der Waals surface area contributed by atoms with Crippen LogP contribution in [0.3, 0.4) is 0 Å². The van der Waals surface area contributed by atoms with E-state index in [0.717, 1.165) is 16.8 Å². The average Bonchev–Trinajstić information content (AvgIpc) is 3.03. The van der Waals surface area contributed by atoms with Crippen molar-refractivity contribution in [2.45, 2.75) is 38.9 Å². The van der Waals surface area contributed by atoms with Crippen LogP contribution in [0.4, 0.5) is 22.0 Å². The molecule has 3 aromatic rings. The summed E-state index contributed by atoms with van der Waals surface area (Å²) in [5.74, 6) is -1.93. The Bertz CT molecular complexity index is 1310. The van der Waals surface area contributed by atoms with Gasteiger partial charge in [-0.05, 0) is 48.7 Å². The fourth-order valence-electron chi connectivity index (χ4n) is 4.21. The van der Waals surface area contributed by atoms with Gasteiger partial charge in [0.05, 0.1) is 29.9 Å². The molecule has 3 rings (SSSR count). The lowest BCUT2D eigenvalue weighted by atomic mass is 9.98. The topological polar surface area (TPSA) is 75.2 Å². The lowest BCUT2D eigenvalue weighted by molar-refractivity contribution is -0.761. The van der Waals surface area contributed by atoms with Crippen molar-refractivity contribution < 1.29 is 41.3 Å². The zero-order valence-electron chi connectivity index (χ0n) is 20.0. The number of amides is 1. The molecule has 2 aromatic carbocycles. The van der Waals surface area contributed by atoms with Gasteiger partial charge in [0.25, 0.3) is 11.6 Å². The fraction of sp³-hybridized carbons (Fsp3) is 0.320. The molecule has 0 aliphatic heterocycles. The maximum Gasteiger partial charge on any atom is 0.416 e. The van der Waals surface area contributed by atoms with Gasteiger partial charge in [0.15, 0.2) is 7.05 Å². The molecule has 1 heterocycles.